The van der Waals surface area contributed by atoms with Crippen LogP contribution in [0, 0.1) is 5.92 Å². The Labute approximate surface area is 68.2 Å². The molecular formula is C9H16O2. The molecule has 1 unspecified atom stereocenters. The summed E-state index contributed by atoms with van der Waals surface area (Å²) in [6, 6.07) is 0. The molecule has 0 aliphatic carbocycles. The van der Waals surface area contributed by atoms with Crippen LogP contribution in [0.3, 0.4) is 0 Å². The summed E-state index contributed by atoms with van der Waals surface area (Å²) in [6.45, 7) is 6.05. The molecule has 0 bridgehead atoms. The van der Waals surface area contributed by atoms with E-state index in [0.717, 1.165) is 6.42 Å². The highest BCUT2D eigenvalue weighted by atomic mass is 16.5. The van der Waals surface area contributed by atoms with E-state index in [0.29, 0.717) is 12.5 Å². The van der Waals surface area contributed by atoms with Crippen molar-refractivity contribution in [1.82, 2.24) is 0 Å². The lowest BCUT2D eigenvalue weighted by atomic mass is 10.1. The summed E-state index contributed by atoms with van der Waals surface area (Å²) < 4.78 is 4.79. The van der Waals surface area contributed by atoms with E-state index < -0.39 is 0 Å². The number of carbonyl (C=O) groups excluding carboxylic acids is 1. The van der Waals surface area contributed by atoms with Gasteiger partial charge < -0.3 is 4.74 Å². The van der Waals surface area contributed by atoms with Crippen LogP contribution in [0.4, 0.5) is 0 Å². The van der Waals surface area contributed by atoms with Crippen LogP contribution in [-0.4, -0.2) is 12.6 Å². The molecule has 0 rings (SSSR count). The van der Waals surface area contributed by atoms with E-state index in [4.69, 9.17) is 4.74 Å². The maximum Gasteiger partial charge on any atom is 0.302 e. The number of ether oxygens (including phenoxy) is 1. The fraction of sp³-hybridized carbons (Fsp3) is 0.667. The summed E-state index contributed by atoms with van der Waals surface area (Å²) in [5.41, 5.74) is 0. The van der Waals surface area contributed by atoms with Crippen molar-refractivity contribution in [2.45, 2.75) is 27.2 Å². The van der Waals surface area contributed by atoms with Gasteiger partial charge in [0.05, 0.1) is 6.61 Å². The summed E-state index contributed by atoms with van der Waals surface area (Å²) in [4.78, 5) is 10.3. The van der Waals surface area contributed by atoms with E-state index in [1.807, 2.05) is 13.0 Å². The molecule has 11 heavy (non-hydrogen) atoms. The fourth-order valence-electron chi connectivity index (χ4n) is 0.813. The summed E-state index contributed by atoms with van der Waals surface area (Å²) in [6.07, 6.45) is 5.02. The van der Waals surface area contributed by atoms with Crippen molar-refractivity contribution in [1.29, 1.82) is 0 Å². The maximum absolute atomic E-state index is 10.3. The highest BCUT2D eigenvalue weighted by molar-refractivity contribution is 5.65. The number of hydrogen-bond acceptors (Lipinski definition) is 2. The Bertz CT molecular complexity index is 138. The Kier molecular flexibility index (Phi) is 5.53. The summed E-state index contributed by atoms with van der Waals surface area (Å²) in [5.74, 6) is 0.303. The van der Waals surface area contributed by atoms with Gasteiger partial charge in [-0.3, -0.25) is 4.79 Å². The van der Waals surface area contributed by atoms with E-state index in [1.54, 1.807) is 0 Å². The van der Waals surface area contributed by atoms with Gasteiger partial charge in [-0.05, 0) is 19.3 Å². The van der Waals surface area contributed by atoms with Gasteiger partial charge in [0.25, 0.3) is 0 Å². The van der Waals surface area contributed by atoms with Crippen LogP contribution >= 0.6 is 0 Å². The molecule has 0 saturated heterocycles. The monoisotopic (exact) mass is 156 g/mol. The van der Waals surface area contributed by atoms with E-state index in [1.165, 1.54) is 6.92 Å². The molecule has 0 saturated carbocycles. The summed E-state index contributed by atoms with van der Waals surface area (Å²) in [5, 5.41) is 0. The first-order chi connectivity index (χ1) is 5.16. The Morgan fingerprint density at radius 3 is 2.73 bits per heavy atom. The molecule has 0 fully saturated rings. The predicted molar refractivity (Wildman–Crippen MR) is 45.2 cm³/mol. The second-order valence-electron chi connectivity index (χ2n) is 2.63. The minimum absolute atomic E-state index is 0.197. The highest BCUT2D eigenvalue weighted by Crippen LogP contribution is 2.03. The molecule has 0 aromatic carbocycles. The van der Waals surface area contributed by atoms with Crippen molar-refractivity contribution in [2.24, 2.45) is 5.92 Å². The first-order valence-electron chi connectivity index (χ1n) is 3.93. The number of allylic oxidation sites excluding steroid dienone is 2. The van der Waals surface area contributed by atoms with Gasteiger partial charge in [0, 0.05) is 6.92 Å². The third kappa shape index (κ3) is 7.10. The van der Waals surface area contributed by atoms with Gasteiger partial charge in [0.15, 0.2) is 0 Å². The van der Waals surface area contributed by atoms with E-state index >= 15 is 0 Å². The largest absolute Gasteiger partial charge is 0.466 e. The van der Waals surface area contributed by atoms with Gasteiger partial charge in [0.1, 0.15) is 0 Å². The third-order valence-electron chi connectivity index (χ3n) is 1.40. The molecule has 0 aliphatic heterocycles. The smallest absolute Gasteiger partial charge is 0.302 e. The van der Waals surface area contributed by atoms with Crippen LogP contribution in [0.2, 0.25) is 0 Å². The molecule has 0 N–H and O–H groups in total. The number of rotatable bonds is 4. The second kappa shape index (κ2) is 5.96. The predicted octanol–water partition coefficient (Wildman–Crippen LogP) is 2.15. The van der Waals surface area contributed by atoms with Crippen LogP contribution in [0.5, 0.6) is 0 Å². The zero-order chi connectivity index (χ0) is 8.69. The molecular weight excluding hydrogens is 140 g/mol. The van der Waals surface area contributed by atoms with Gasteiger partial charge in [0.2, 0.25) is 0 Å². The topological polar surface area (TPSA) is 26.3 Å². The first kappa shape index (κ1) is 10.2. The SMILES string of the molecule is C/C=C\C(C)CCOC(C)=O. The standard InChI is InChI=1S/C9H16O2/c1-4-5-8(2)6-7-11-9(3)10/h4-5,8H,6-7H2,1-3H3/b5-4-. The van der Waals surface area contributed by atoms with Crippen molar-refractivity contribution in [3.05, 3.63) is 12.2 Å². The lowest BCUT2D eigenvalue weighted by molar-refractivity contribution is -0.141. The maximum atomic E-state index is 10.3. The average Bonchev–Trinajstić information content (AvgIpc) is 1.87. The van der Waals surface area contributed by atoms with Gasteiger partial charge in [-0.15, -0.1) is 0 Å². The Morgan fingerprint density at radius 2 is 2.27 bits per heavy atom. The lowest BCUT2D eigenvalue weighted by Crippen LogP contribution is -2.03. The zero-order valence-electron chi connectivity index (χ0n) is 7.46. The van der Waals surface area contributed by atoms with Crippen molar-refractivity contribution >= 4 is 5.97 Å². The van der Waals surface area contributed by atoms with E-state index in [2.05, 4.69) is 13.0 Å². The molecule has 0 aromatic heterocycles. The van der Waals surface area contributed by atoms with Gasteiger partial charge in [-0.25, -0.2) is 0 Å². The average molecular weight is 156 g/mol. The Morgan fingerprint density at radius 1 is 1.64 bits per heavy atom. The lowest BCUT2D eigenvalue weighted by Gasteiger charge is -2.04. The molecule has 64 valence electrons. The molecule has 0 aromatic rings. The van der Waals surface area contributed by atoms with Crippen molar-refractivity contribution in [3.63, 3.8) is 0 Å². The first-order valence-corrected chi connectivity index (χ1v) is 3.93. The van der Waals surface area contributed by atoms with Crippen molar-refractivity contribution in [3.8, 4) is 0 Å². The normalized spacial score (nSPS) is 13.4. The molecule has 0 amide bonds. The number of carbonyl (C=O) groups is 1. The quantitative estimate of drug-likeness (QED) is 0.460. The molecule has 1 atom stereocenters. The fourth-order valence-corrected chi connectivity index (χ4v) is 0.813. The van der Waals surface area contributed by atoms with Crippen LogP contribution in [0.1, 0.15) is 27.2 Å². The van der Waals surface area contributed by atoms with Crippen LogP contribution in [-0.2, 0) is 9.53 Å². The van der Waals surface area contributed by atoms with Crippen molar-refractivity contribution < 1.29 is 9.53 Å². The van der Waals surface area contributed by atoms with Gasteiger partial charge in [-0.2, -0.15) is 0 Å². The molecule has 0 radical (unpaired) electrons. The van der Waals surface area contributed by atoms with Crippen LogP contribution in [0.15, 0.2) is 12.2 Å². The third-order valence-corrected chi connectivity index (χ3v) is 1.40. The highest BCUT2D eigenvalue weighted by Gasteiger charge is 1.97. The molecule has 2 nitrogen and oxygen atoms in total. The molecule has 0 spiro atoms. The second-order valence-corrected chi connectivity index (χ2v) is 2.63. The van der Waals surface area contributed by atoms with Crippen molar-refractivity contribution in [2.75, 3.05) is 6.61 Å². The zero-order valence-corrected chi connectivity index (χ0v) is 7.46. The molecule has 0 aliphatic rings. The number of esters is 1. The Balaban J connectivity index is 3.31. The molecule has 2 heteroatoms. The minimum atomic E-state index is -0.197. The van der Waals surface area contributed by atoms with E-state index in [9.17, 15) is 4.79 Å². The Hall–Kier alpha value is -0.790. The molecule has 0 heterocycles. The summed E-state index contributed by atoms with van der Waals surface area (Å²) in [7, 11) is 0. The number of hydrogen-bond donors (Lipinski definition) is 0. The summed E-state index contributed by atoms with van der Waals surface area (Å²) >= 11 is 0. The van der Waals surface area contributed by atoms with E-state index in [-0.39, 0.29) is 5.97 Å². The minimum Gasteiger partial charge on any atom is -0.466 e. The van der Waals surface area contributed by atoms with Crippen LogP contribution in [0.25, 0.3) is 0 Å². The van der Waals surface area contributed by atoms with Gasteiger partial charge in [-0.1, -0.05) is 19.1 Å². The van der Waals surface area contributed by atoms with Crippen LogP contribution < -0.4 is 0 Å². The van der Waals surface area contributed by atoms with Gasteiger partial charge >= 0.3 is 5.97 Å².